The second-order valence-corrected chi connectivity index (χ2v) is 7.14. The molecule has 1 heterocycles. The number of aromatic nitrogens is 3. The molecule has 1 fully saturated rings. The quantitative estimate of drug-likeness (QED) is 0.616. The number of hydrogen-bond donors (Lipinski definition) is 3. The van der Waals surface area contributed by atoms with Crippen molar-refractivity contribution in [3.05, 3.63) is 30.1 Å². The normalized spacial score (nSPS) is 18.0. The van der Waals surface area contributed by atoms with Crippen molar-refractivity contribution in [2.75, 3.05) is 36.6 Å². The Bertz CT molecular complexity index is 834. The van der Waals surface area contributed by atoms with Gasteiger partial charge in [-0.2, -0.15) is 15.0 Å². The minimum atomic E-state index is -0.0211. The molecule has 5 N–H and O–H groups in total. The number of hydrogen-bond acceptors (Lipinski definition) is 8. The van der Waals surface area contributed by atoms with Gasteiger partial charge in [-0.25, -0.2) is 0 Å². The van der Waals surface area contributed by atoms with Crippen LogP contribution in [0.1, 0.15) is 25.1 Å². The van der Waals surface area contributed by atoms with Gasteiger partial charge in [0.25, 0.3) is 0 Å². The van der Waals surface area contributed by atoms with Crippen LogP contribution in [-0.2, 0) is 11.4 Å². The monoisotopic (exact) mass is 421 g/mol. The lowest BCUT2D eigenvalue weighted by Crippen LogP contribution is -2.29. The molecular weight excluding hydrogens is 394 g/mol. The van der Waals surface area contributed by atoms with E-state index in [2.05, 4.69) is 20.3 Å². The molecule has 0 spiro atoms. The van der Waals surface area contributed by atoms with Crippen molar-refractivity contribution in [3.8, 4) is 5.75 Å². The predicted molar refractivity (Wildman–Crippen MR) is 115 cm³/mol. The zero-order chi connectivity index (χ0) is 20.1. The number of anilines is 3. The summed E-state index contributed by atoms with van der Waals surface area (Å²) in [5.74, 6) is 1.91. The van der Waals surface area contributed by atoms with Gasteiger partial charge in [0.05, 0.1) is 0 Å². The number of amides is 1. The van der Waals surface area contributed by atoms with Gasteiger partial charge in [-0.3, -0.25) is 4.79 Å². The Morgan fingerprint density at radius 2 is 2.07 bits per heavy atom. The molecule has 1 aromatic heterocycles. The third-order valence-electron chi connectivity index (χ3n) is 4.86. The van der Waals surface area contributed by atoms with Crippen LogP contribution in [0.4, 0.5) is 17.6 Å². The third-order valence-corrected chi connectivity index (χ3v) is 4.86. The van der Waals surface area contributed by atoms with Crippen molar-refractivity contribution in [1.29, 1.82) is 0 Å². The van der Waals surface area contributed by atoms with E-state index in [0.717, 1.165) is 19.3 Å². The Balaban J connectivity index is 0.00000300. The first-order chi connectivity index (χ1) is 13.5. The van der Waals surface area contributed by atoms with Gasteiger partial charge < -0.3 is 26.4 Å². The van der Waals surface area contributed by atoms with Crippen LogP contribution in [0, 0.1) is 11.8 Å². The SMILES string of the molecule is CN(C)c1nc(N)nc(COc2cccc(NC(=O)[C@@H]3CCC[C@@H]3CN)c2)n1.Cl. The summed E-state index contributed by atoms with van der Waals surface area (Å²) in [5.41, 5.74) is 12.2. The Morgan fingerprint density at radius 1 is 1.28 bits per heavy atom. The largest absolute Gasteiger partial charge is 0.486 e. The van der Waals surface area contributed by atoms with Crippen LogP contribution in [0.3, 0.4) is 0 Å². The van der Waals surface area contributed by atoms with Gasteiger partial charge in [0.1, 0.15) is 12.4 Å². The van der Waals surface area contributed by atoms with E-state index in [-0.39, 0.29) is 42.7 Å². The minimum absolute atomic E-state index is 0. The fourth-order valence-corrected chi connectivity index (χ4v) is 3.40. The summed E-state index contributed by atoms with van der Waals surface area (Å²) in [6, 6.07) is 7.25. The van der Waals surface area contributed by atoms with E-state index >= 15 is 0 Å². The number of carbonyl (C=O) groups excluding carboxylic acids is 1. The number of nitrogens with zero attached hydrogens (tertiary/aromatic N) is 4. The summed E-state index contributed by atoms with van der Waals surface area (Å²) in [7, 11) is 3.65. The van der Waals surface area contributed by atoms with Gasteiger partial charge in [0.2, 0.25) is 17.8 Å². The lowest BCUT2D eigenvalue weighted by Gasteiger charge is -2.17. The summed E-state index contributed by atoms with van der Waals surface area (Å²) < 4.78 is 5.77. The molecule has 2 atom stereocenters. The Kier molecular flexibility index (Phi) is 7.98. The van der Waals surface area contributed by atoms with Crippen molar-refractivity contribution < 1.29 is 9.53 Å². The lowest BCUT2D eigenvalue weighted by molar-refractivity contribution is -0.120. The Labute approximate surface area is 176 Å². The molecule has 1 saturated carbocycles. The van der Waals surface area contributed by atoms with Crippen molar-refractivity contribution >= 4 is 35.9 Å². The number of rotatable bonds is 7. The van der Waals surface area contributed by atoms with E-state index < -0.39 is 0 Å². The third kappa shape index (κ3) is 5.91. The van der Waals surface area contributed by atoms with Gasteiger partial charge in [-0.15, -0.1) is 12.4 Å². The van der Waals surface area contributed by atoms with E-state index in [4.69, 9.17) is 16.2 Å². The number of carbonyl (C=O) groups is 1. The molecule has 1 amide bonds. The van der Waals surface area contributed by atoms with E-state index in [9.17, 15) is 4.79 Å². The van der Waals surface area contributed by atoms with E-state index in [0.29, 0.717) is 29.8 Å². The first kappa shape index (κ1) is 22.6. The molecule has 1 aliphatic rings. The topological polar surface area (TPSA) is 132 Å². The van der Waals surface area contributed by atoms with Crippen LogP contribution in [0.2, 0.25) is 0 Å². The average Bonchev–Trinajstić information content (AvgIpc) is 3.15. The van der Waals surface area contributed by atoms with Gasteiger partial charge in [-0.1, -0.05) is 12.5 Å². The highest BCUT2D eigenvalue weighted by molar-refractivity contribution is 5.93. The number of benzene rings is 1. The first-order valence-electron chi connectivity index (χ1n) is 9.38. The molecule has 158 valence electrons. The van der Waals surface area contributed by atoms with Crippen molar-refractivity contribution in [3.63, 3.8) is 0 Å². The van der Waals surface area contributed by atoms with Gasteiger partial charge >= 0.3 is 0 Å². The summed E-state index contributed by atoms with van der Waals surface area (Å²) >= 11 is 0. The van der Waals surface area contributed by atoms with Gasteiger partial charge in [0, 0.05) is 31.8 Å². The first-order valence-corrected chi connectivity index (χ1v) is 9.38. The smallest absolute Gasteiger partial charge is 0.230 e. The molecule has 0 radical (unpaired) electrons. The molecule has 0 bridgehead atoms. The molecule has 10 heteroatoms. The molecule has 0 saturated heterocycles. The molecular formula is C19H28ClN7O2. The van der Waals surface area contributed by atoms with Gasteiger partial charge in [0.15, 0.2) is 5.82 Å². The van der Waals surface area contributed by atoms with Gasteiger partial charge in [-0.05, 0) is 37.4 Å². The highest BCUT2D eigenvalue weighted by Crippen LogP contribution is 2.32. The summed E-state index contributed by atoms with van der Waals surface area (Å²) in [6.07, 6.45) is 2.95. The summed E-state index contributed by atoms with van der Waals surface area (Å²) in [5, 5.41) is 2.98. The molecule has 2 aromatic rings. The van der Waals surface area contributed by atoms with Crippen molar-refractivity contribution in [2.45, 2.75) is 25.9 Å². The number of halogens is 1. The molecule has 9 nitrogen and oxygen atoms in total. The van der Waals surface area contributed by atoms with E-state index in [1.165, 1.54) is 0 Å². The van der Waals surface area contributed by atoms with Crippen LogP contribution in [-0.4, -0.2) is 41.5 Å². The van der Waals surface area contributed by atoms with Crippen LogP contribution >= 0.6 is 12.4 Å². The van der Waals surface area contributed by atoms with Crippen LogP contribution < -0.4 is 26.4 Å². The Hall–Kier alpha value is -2.65. The fraction of sp³-hybridized carbons (Fsp3) is 0.474. The number of nitrogen functional groups attached to an aromatic ring is 1. The second-order valence-electron chi connectivity index (χ2n) is 7.14. The number of ether oxygens (including phenoxy) is 1. The molecule has 29 heavy (non-hydrogen) atoms. The van der Waals surface area contributed by atoms with E-state index in [1.807, 2.05) is 32.3 Å². The van der Waals surface area contributed by atoms with Crippen molar-refractivity contribution in [2.24, 2.45) is 17.6 Å². The lowest BCUT2D eigenvalue weighted by atomic mass is 9.95. The fourth-order valence-electron chi connectivity index (χ4n) is 3.40. The summed E-state index contributed by atoms with van der Waals surface area (Å²) in [6.45, 7) is 0.689. The second kappa shape index (κ2) is 10.2. The van der Waals surface area contributed by atoms with E-state index in [1.54, 1.807) is 11.0 Å². The summed E-state index contributed by atoms with van der Waals surface area (Å²) in [4.78, 5) is 26.8. The zero-order valence-corrected chi connectivity index (χ0v) is 17.5. The average molecular weight is 422 g/mol. The van der Waals surface area contributed by atoms with Crippen molar-refractivity contribution in [1.82, 2.24) is 15.0 Å². The van der Waals surface area contributed by atoms with Crippen LogP contribution in [0.5, 0.6) is 5.75 Å². The predicted octanol–water partition coefficient (Wildman–Crippen LogP) is 1.83. The molecule has 3 rings (SSSR count). The minimum Gasteiger partial charge on any atom is -0.486 e. The maximum atomic E-state index is 12.6. The van der Waals surface area contributed by atoms with Crippen LogP contribution in [0.25, 0.3) is 0 Å². The zero-order valence-electron chi connectivity index (χ0n) is 16.7. The van der Waals surface area contributed by atoms with Crippen LogP contribution in [0.15, 0.2) is 24.3 Å². The maximum Gasteiger partial charge on any atom is 0.230 e. The molecule has 0 aliphatic heterocycles. The highest BCUT2D eigenvalue weighted by atomic mass is 35.5. The standard InChI is InChI=1S/C19H27N7O2.ClH/c1-26(2)19-24-16(23-18(21)25-19)11-28-14-7-4-6-13(9-14)22-17(27)15-8-3-5-12(15)10-20;/h4,6-7,9,12,15H,3,5,8,10-11,20H2,1-2H3,(H,22,27)(H2,21,23,24,25);1H/t12-,15-;/m1./s1. The highest BCUT2D eigenvalue weighted by Gasteiger charge is 2.31. The molecule has 1 aliphatic carbocycles. The Morgan fingerprint density at radius 3 is 2.79 bits per heavy atom. The molecule has 1 aromatic carbocycles. The number of nitrogens with two attached hydrogens (primary N) is 2. The number of nitrogens with one attached hydrogen (secondary N) is 1. The maximum absolute atomic E-state index is 12.6. The molecule has 0 unspecified atom stereocenters.